The molecule has 4 heteroatoms. The van der Waals surface area contributed by atoms with E-state index in [0.29, 0.717) is 18.6 Å². The van der Waals surface area contributed by atoms with Crippen LogP contribution in [0, 0.1) is 0 Å². The highest BCUT2D eigenvalue weighted by atomic mass is 16.2. The summed E-state index contributed by atoms with van der Waals surface area (Å²) < 4.78 is 0. The van der Waals surface area contributed by atoms with Crippen LogP contribution in [0.1, 0.15) is 26.7 Å². The van der Waals surface area contributed by atoms with Crippen molar-refractivity contribution in [1.82, 2.24) is 15.1 Å². The summed E-state index contributed by atoms with van der Waals surface area (Å²) >= 11 is 0. The topological polar surface area (TPSA) is 35.6 Å². The van der Waals surface area contributed by atoms with Crippen molar-refractivity contribution in [2.24, 2.45) is 0 Å². The van der Waals surface area contributed by atoms with Gasteiger partial charge in [-0.25, -0.2) is 0 Å². The van der Waals surface area contributed by atoms with E-state index >= 15 is 0 Å². The molecule has 0 bridgehead atoms. The molecular weight excluding hydrogens is 202 g/mol. The van der Waals surface area contributed by atoms with Gasteiger partial charge in [0.05, 0.1) is 6.54 Å². The van der Waals surface area contributed by atoms with E-state index in [1.165, 1.54) is 0 Å². The largest absolute Gasteiger partial charge is 0.336 e. The average molecular weight is 227 g/mol. The van der Waals surface area contributed by atoms with Crippen molar-refractivity contribution in [2.45, 2.75) is 38.8 Å². The Morgan fingerprint density at radius 1 is 1.38 bits per heavy atom. The number of nitrogens with zero attached hydrogens (tertiary/aromatic N) is 2. The van der Waals surface area contributed by atoms with Gasteiger partial charge in [-0.2, -0.15) is 0 Å². The van der Waals surface area contributed by atoms with Crippen molar-refractivity contribution in [3.05, 3.63) is 0 Å². The molecule has 0 aromatic heterocycles. The summed E-state index contributed by atoms with van der Waals surface area (Å²) in [5.74, 6) is 0.261. The summed E-state index contributed by atoms with van der Waals surface area (Å²) in [7, 11) is 3.89. The maximum absolute atomic E-state index is 12.1. The van der Waals surface area contributed by atoms with Gasteiger partial charge in [0.25, 0.3) is 0 Å². The van der Waals surface area contributed by atoms with Crippen molar-refractivity contribution in [1.29, 1.82) is 0 Å². The van der Waals surface area contributed by atoms with Crippen LogP contribution < -0.4 is 5.32 Å². The quantitative estimate of drug-likeness (QED) is 0.761. The number of carbonyl (C=O) groups is 1. The zero-order valence-corrected chi connectivity index (χ0v) is 11.0. The van der Waals surface area contributed by atoms with E-state index in [1.54, 1.807) is 0 Å². The van der Waals surface area contributed by atoms with Crippen LogP contribution in [-0.2, 0) is 4.79 Å². The molecule has 94 valence electrons. The molecule has 1 heterocycles. The van der Waals surface area contributed by atoms with Gasteiger partial charge < -0.3 is 15.1 Å². The Balaban J connectivity index is 2.60. The predicted molar refractivity (Wildman–Crippen MR) is 66.4 cm³/mol. The third-order valence-electron chi connectivity index (χ3n) is 3.24. The van der Waals surface area contributed by atoms with Gasteiger partial charge in [-0.1, -0.05) is 13.8 Å². The molecule has 1 rings (SSSR count). The molecule has 2 unspecified atom stereocenters. The summed E-state index contributed by atoms with van der Waals surface area (Å²) in [6.07, 6.45) is 2.12. The first-order chi connectivity index (χ1) is 7.58. The molecule has 0 aromatic carbocycles. The van der Waals surface area contributed by atoms with Crippen LogP contribution in [0.2, 0.25) is 0 Å². The Labute approximate surface area is 99.0 Å². The van der Waals surface area contributed by atoms with E-state index in [-0.39, 0.29) is 5.91 Å². The number of rotatable bonds is 4. The molecule has 1 aliphatic heterocycles. The van der Waals surface area contributed by atoms with E-state index in [4.69, 9.17) is 0 Å². The normalized spacial score (nSPS) is 26.2. The second kappa shape index (κ2) is 6.21. The number of amides is 1. The van der Waals surface area contributed by atoms with Gasteiger partial charge in [-0.15, -0.1) is 0 Å². The number of carbonyl (C=O) groups excluding carboxylic acids is 1. The highest BCUT2D eigenvalue weighted by Crippen LogP contribution is 2.12. The van der Waals surface area contributed by atoms with E-state index in [1.807, 2.05) is 19.0 Å². The molecule has 16 heavy (non-hydrogen) atoms. The first-order valence-electron chi connectivity index (χ1n) is 6.26. The van der Waals surface area contributed by atoms with Gasteiger partial charge in [0, 0.05) is 25.2 Å². The summed E-state index contributed by atoms with van der Waals surface area (Å²) in [6.45, 7) is 6.63. The van der Waals surface area contributed by atoms with Crippen molar-refractivity contribution in [2.75, 3.05) is 33.7 Å². The van der Waals surface area contributed by atoms with Crippen LogP contribution in [0.25, 0.3) is 0 Å². The van der Waals surface area contributed by atoms with E-state index in [2.05, 4.69) is 24.1 Å². The first-order valence-corrected chi connectivity index (χ1v) is 6.26. The van der Waals surface area contributed by atoms with E-state index < -0.39 is 0 Å². The number of hydrogen-bond donors (Lipinski definition) is 1. The number of likely N-dealkylation sites (N-methyl/N-ethyl adjacent to an activating group) is 1. The second-order valence-corrected chi connectivity index (χ2v) is 4.86. The number of piperazine rings is 1. The fourth-order valence-electron chi connectivity index (χ4n) is 2.17. The molecule has 2 atom stereocenters. The predicted octanol–water partition coefficient (Wildman–Crippen LogP) is 0.537. The van der Waals surface area contributed by atoms with Gasteiger partial charge in [0.15, 0.2) is 0 Å². The fraction of sp³-hybridized carbons (Fsp3) is 0.917. The number of nitrogens with one attached hydrogen (secondary N) is 1. The van der Waals surface area contributed by atoms with E-state index in [0.717, 1.165) is 25.9 Å². The maximum atomic E-state index is 12.1. The standard InChI is InChI=1S/C12H25N3O/c1-5-10-8-15(11(6-2)7-13-10)12(16)9-14(3)4/h10-11,13H,5-9H2,1-4H3. The lowest BCUT2D eigenvalue weighted by Gasteiger charge is -2.40. The molecule has 1 N–H and O–H groups in total. The lowest BCUT2D eigenvalue weighted by molar-refractivity contribution is -0.135. The fourth-order valence-corrected chi connectivity index (χ4v) is 2.17. The lowest BCUT2D eigenvalue weighted by Crippen LogP contribution is -2.59. The van der Waals surface area contributed by atoms with Crippen LogP contribution in [0.15, 0.2) is 0 Å². The third kappa shape index (κ3) is 3.46. The SMILES string of the molecule is CCC1CN(C(=O)CN(C)C)C(CC)CN1. The van der Waals surface area contributed by atoms with E-state index in [9.17, 15) is 4.79 Å². The van der Waals surface area contributed by atoms with Gasteiger partial charge in [-0.05, 0) is 26.9 Å². The molecule has 0 radical (unpaired) electrons. The zero-order chi connectivity index (χ0) is 12.1. The van der Waals surface area contributed by atoms with Gasteiger partial charge in [-0.3, -0.25) is 4.79 Å². The molecule has 0 spiro atoms. The lowest BCUT2D eigenvalue weighted by atomic mass is 10.1. The average Bonchev–Trinajstić information content (AvgIpc) is 2.27. The first kappa shape index (κ1) is 13.5. The Morgan fingerprint density at radius 2 is 2.06 bits per heavy atom. The molecule has 4 nitrogen and oxygen atoms in total. The smallest absolute Gasteiger partial charge is 0.237 e. The van der Waals surface area contributed by atoms with Crippen LogP contribution in [-0.4, -0.2) is 61.5 Å². The Morgan fingerprint density at radius 3 is 2.56 bits per heavy atom. The van der Waals surface area contributed by atoms with Crippen LogP contribution in [0.5, 0.6) is 0 Å². The Bertz CT molecular complexity index is 230. The van der Waals surface area contributed by atoms with Crippen molar-refractivity contribution >= 4 is 5.91 Å². The molecule has 1 amide bonds. The molecule has 0 saturated carbocycles. The van der Waals surface area contributed by atoms with Crippen LogP contribution >= 0.6 is 0 Å². The highest BCUT2D eigenvalue weighted by molar-refractivity contribution is 5.78. The second-order valence-electron chi connectivity index (χ2n) is 4.86. The zero-order valence-electron chi connectivity index (χ0n) is 11.0. The Hall–Kier alpha value is -0.610. The molecule has 0 aliphatic carbocycles. The van der Waals surface area contributed by atoms with Crippen molar-refractivity contribution < 1.29 is 4.79 Å². The van der Waals surface area contributed by atoms with Crippen molar-refractivity contribution in [3.63, 3.8) is 0 Å². The minimum Gasteiger partial charge on any atom is -0.336 e. The molecule has 1 aliphatic rings. The third-order valence-corrected chi connectivity index (χ3v) is 3.24. The van der Waals surface area contributed by atoms with Crippen molar-refractivity contribution in [3.8, 4) is 0 Å². The summed E-state index contributed by atoms with van der Waals surface area (Å²) in [5, 5.41) is 3.50. The van der Waals surface area contributed by atoms with Crippen LogP contribution in [0.3, 0.4) is 0 Å². The summed E-state index contributed by atoms with van der Waals surface area (Å²) in [5.41, 5.74) is 0. The van der Waals surface area contributed by atoms with Gasteiger partial charge in [0.1, 0.15) is 0 Å². The molecule has 1 fully saturated rings. The highest BCUT2D eigenvalue weighted by Gasteiger charge is 2.29. The number of hydrogen-bond acceptors (Lipinski definition) is 3. The summed E-state index contributed by atoms with van der Waals surface area (Å²) in [4.78, 5) is 16.1. The molecule has 1 saturated heterocycles. The minimum absolute atomic E-state index is 0.261. The Kier molecular flexibility index (Phi) is 5.22. The van der Waals surface area contributed by atoms with Crippen LogP contribution in [0.4, 0.5) is 0 Å². The van der Waals surface area contributed by atoms with Gasteiger partial charge >= 0.3 is 0 Å². The molecular formula is C12H25N3O. The minimum atomic E-state index is 0.261. The molecule has 0 aromatic rings. The monoisotopic (exact) mass is 227 g/mol. The van der Waals surface area contributed by atoms with Gasteiger partial charge in [0.2, 0.25) is 5.91 Å². The summed E-state index contributed by atoms with van der Waals surface area (Å²) in [6, 6.07) is 0.837. The maximum Gasteiger partial charge on any atom is 0.237 e.